The largest absolute Gasteiger partial charge is 0.503 e. The molecule has 3 rings (SSSR count). The van der Waals surface area contributed by atoms with E-state index in [9.17, 15) is 32.7 Å². The van der Waals surface area contributed by atoms with Crippen LogP contribution in [0.1, 0.15) is 52.6 Å². The third kappa shape index (κ3) is 5.19. The Morgan fingerprint density at radius 3 is 2.39 bits per heavy atom. The molecule has 0 saturated carbocycles. The van der Waals surface area contributed by atoms with E-state index in [0.717, 1.165) is 19.0 Å². The van der Waals surface area contributed by atoms with Crippen molar-refractivity contribution in [2.45, 2.75) is 45.3 Å². The van der Waals surface area contributed by atoms with Gasteiger partial charge in [-0.3, -0.25) is 14.4 Å². The average molecular weight is 463 g/mol. The van der Waals surface area contributed by atoms with Gasteiger partial charge in [-0.2, -0.15) is 0 Å². The SMILES string of the molecule is C#C.CCCC[C@H]1Cn2cc(C(=O)NCc3c(F)cc(F)cc3F)c(=O)c(O)c2C(=O)N1C. The van der Waals surface area contributed by atoms with Crippen molar-refractivity contribution in [3.05, 3.63) is 62.8 Å². The summed E-state index contributed by atoms with van der Waals surface area (Å²) in [6, 6.07) is 0.769. The lowest BCUT2D eigenvalue weighted by Gasteiger charge is -2.35. The number of hydrogen-bond donors (Lipinski definition) is 2. The van der Waals surface area contributed by atoms with Crippen molar-refractivity contribution in [2.24, 2.45) is 0 Å². The van der Waals surface area contributed by atoms with Crippen molar-refractivity contribution in [2.75, 3.05) is 7.05 Å². The Balaban J connectivity index is 0.00000187. The molecule has 1 aromatic heterocycles. The number of unbranched alkanes of at least 4 members (excludes halogenated alkanes) is 1. The summed E-state index contributed by atoms with van der Waals surface area (Å²) >= 11 is 0. The molecule has 1 atom stereocenters. The van der Waals surface area contributed by atoms with Crippen molar-refractivity contribution < 1.29 is 27.9 Å². The molecule has 0 unspecified atom stereocenters. The topological polar surface area (TPSA) is 91.6 Å². The number of benzene rings is 1. The summed E-state index contributed by atoms with van der Waals surface area (Å²) in [5.74, 6) is -5.86. The fourth-order valence-electron chi connectivity index (χ4n) is 3.59. The van der Waals surface area contributed by atoms with Crippen molar-refractivity contribution >= 4 is 11.8 Å². The molecular weight excluding hydrogens is 439 g/mol. The van der Waals surface area contributed by atoms with E-state index < -0.39 is 58.1 Å². The first-order chi connectivity index (χ1) is 15.6. The standard InChI is InChI=1S/C21H22F3N3O4.C2H2/c1-3-4-5-12-9-27-10-14(18(28)19(29)17(27)21(31)26(12)2)20(30)25-8-13-15(23)6-11(22)7-16(13)24;1-2/h6-7,10,12,29H,3-5,8-9H2,1-2H3,(H,25,30);1-2H/t12-;/m0./s1. The summed E-state index contributed by atoms with van der Waals surface area (Å²) in [5, 5.41) is 12.5. The third-order valence-corrected chi connectivity index (χ3v) is 5.40. The number of nitrogens with zero attached hydrogens (tertiary/aromatic N) is 2. The number of hydrogen-bond acceptors (Lipinski definition) is 4. The second-order valence-corrected chi connectivity index (χ2v) is 7.46. The van der Waals surface area contributed by atoms with Gasteiger partial charge >= 0.3 is 0 Å². The molecule has 2 heterocycles. The highest BCUT2D eigenvalue weighted by Crippen LogP contribution is 2.25. The van der Waals surface area contributed by atoms with Gasteiger partial charge in [-0.1, -0.05) is 19.8 Å². The Bertz CT molecular complexity index is 1120. The van der Waals surface area contributed by atoms with Crippen LogP contribution in [0.4, 0.5) is 13.2 Å². The van der Waals surface area contributed by atoms with Crippen LogP contribution in [0, 0.1) is 30.3 Å². The van der Waals surface area contributed by atoms with Crippen LogP contribution in [-0.4, -0.2) is 39.5 Å². The summed E-state index contributed by atoms with van der Waals surface area (Å²) in [6.07, 6.45) is 11.7. The van der Waals surface area contributed by atoms with Crippen molar-refractivity contribution in [1.29, 1.82) is 0 Å². The third-order valence-electron chi connectivity index (χ3n) is 5.40. The van der Waals surface area contributed by atoms with Crippen LogP contribution in [0.3, 0.4) is 0 Å². The number of aromatic hydroxyl groups is 1. The number of likely N-dealkylation sites (N-methyl/N-ethyl adjacent to an activating group) is 1. The Morgan fingerprint density at radius 2 is 1.82 bits per heavy atom. The highest BCUT2D eigenvalue weighted by Gasteiger charge is 2.34. The molecule has 176 valence electrons. The molecule has 0 aliphatic carbocycles. The van der Waals surface area contributed by atoms with Crippen LogP contribution in [0.2, 0.25) is 0 Å². The Hall–Kier alpha value is -3.74. The van der Waals surface area contributed by atoms with Crippen LogP contribution in [0.25, 0.3) is 0 Å². The first-order valence-corrected chi connectivity index (χ1v) is 10.1. The number of terminal acetylenes is 1. The monoisotopic (exact) mass is 463 g/mol. The first-order valence-electron chi connectivity index (χ1n) is 10.1. The molecule has 2 amide bonds. The Labute approximate surface area is 188 Å². The molecule has 0 saturated heterocycles. The van der Waals surface area contributed by atoms with E-state index in [-0.39, 0.29) is 18.3 Å². The molecule has 1 aliphatic rings. The van der Waals surface area contributed by atoms with E-state index in [1.54, 1.807) is 7.05 Å². The minimum atomic E-state index is -1.18. The van der Waals surface area contributed by atoms with Crippen molar-refractivity contribution in [3.8, 4) is 18.6 Å². The second-order valence-electron chi connectivity index (χ2n) is 7.46. The lowest BCUT2D eigenvalue weighted by Crippen LogP contribution is -2.47. The van der Waals surface area contributed by atoms with E-state index in [0.29, 0.717) is 18.6 Å². The molecule has 1 aliphatic heterocycles. The first kappa shape index (κ1) is 25.5. The van der Waals surface area contributed by atoms with Crippen molar-refractivity contribution in [1.82, 2.24) is 14.8 Å². The maximum absolute atomic E-state index is 13.8. The predicted molar refractivity (Wildman–Crippen MR) is 115 cm³/mol. The van der Waals surface area contributed by atoms with Crippen molar-refractivity contribution in [3.63, 3.8) is 0 Å². The normalized spacial score (nSPS) is 14.8. The zero-order chi connectivity index (χ0) is 24.9. The van der Waals surface area contributed by atoms with Gasteiger partial charge < -0.3 is 19.9 Å². The Kier molecular flexibility index (Phi) is 8.29. The highest BCUT2D eigenvalue weighted by atomic mass is 19.1. The highest BCUT2D eigenvalue weighted by molar-refractivity contribution is 5.99. The molecule has 7 nitrogen and oxygen atoms in total. The number of halogens is 3. The molecule has 0 radical (unpaired) electrons. The van der Waals surface area contributed by atoms with Gasteiger partial charge in [-0.25, -0.2) is 13.2 Å². The number of carbonyl (C=O) groups is 2. The number of aromatic nitrogens is 1. The van der Waals surface area contributed by atoms with E-state index in [1.165, 1.54) is 9.47 Å². The second kappa shape index (κ2) is 10.7. The van der Waals surface area contributed by atoms with Gasteiger partial charge in [0.1, 0.15) is 23.0 Å². The van der Waals surface area contributed by atoms with E-state index in [1.807, 2.05) is 6.92 Å². The summed E-state index contributed by atoms with van der Waals surface area (Å²) in [6.45, 7) is 1.64. The van der Waals surface area contributed by atoms with E-state index >= 15 is 0 Å². The van der Waals surface area contributed by atoms with Crippen LogP contribution in [0.15, 0.2) is 23.1 Å². The molecule has 0 bridgehead atoms. The maximum atomic E-state index is 13.8. The molecule has 10 heteroatoms. The van der Waals surface area contributed by atoms with Crippen LogP contribution < -0.4 is 10.7 Å². The molecule has 0 spiro atoms. The fraction of sp³-hybridized carbons (Fsp3) is 0.348. The van der Waals surface area contributed by atoms with Crippen LogP contribution in [-0.2, 0) is 13.1 Å². The summed E-state index contributed by atoms with van der Waals surface area (Å²) < 4.78 is 41.9. The van der Waals surface area contributed by atoms with Gasteiger partial charge in [-0.15, -0.1) is 12.8 Å². The smallest absolute Gasteiger partial charge is 0.274 e. The van der Waals surface area contributed by atoms with Gasteiger partial charge in [0.05, 0.1) is 0 Å². The average Bonchev–Trinajstić information content (AvgIpc) is 2.77. The fourth-order valence-corrected chi connectivity index (χ4v) is 3.59. The molecule has 33 heavy (non-hydrogen) atoms. The van der Waals surface area contributed by atoms with Crippen LogP contribution in [0.5, 0.6) is 5.75 Å². The number of rotatable bonds is 6. The van der Waals surface area contributed by atoms with Gasteiger partial charge in [0.25, 0.3) is 11.8 Å². The number of carbonyl (C=O) groups excluding carboxylic acids is 2. The predicted octanol–water partition coefficient (Wildman–Crippen LogP) is 2.80. The zero-order valence-electron chi connectivity index (χ0n) is 18.2. The Morgan fingerprint density at radius 1 is 1.21 bits per heavy atom. The lowest BCUT2D eigenvalue weighted by atomic mass is 10.0. The van der Waals surface area contributed by atoms with Crippen LogP contribution >= 0.6 is 0 Å². The molecule has 2 aromatic rings. The summed E-state index contributed by atoms with van der Waals surface area (Å²) in [4.78, 5) is 39.1. The molecule has 1 aromatic carbocycles. The van der Waals surface area contributed by atoms with Gasteiger partial charge in [0.15, 0.2) is 11.4 Å². The number of pyridine rings is 1. The van der Waals surface area contributed by atoms with E-state index in [4.69, 9.17) is 0 Å². The zero-order valence-corrected chi connectivity index (χ0v) is 18.2. The molecule has 0 fully saturated rings. The number of fused-ring (bicyclic) bond motifs is 1. The molecule has 2 N–H and O–H groups in total. The number of amides is 2. The van der Waals surface area contributed by atoms with Gasteiger partial charge in [-0.05, 0) is 6.42 Å². The lowest BCUT2D eigenvalue weighted by molar-refractivity contribution is 0.0633. The maximum Gasteiger partial charge on any atom is 0.274 e. The van der Waals surface area contributed by atoms with E-state index in [2.05, 4.69) is 18.2 Å². The minimum Gasteiger partial charge on any atom is -0.503 e. The quantitative estimate of drug-likeness (QED) is 0.645. The summed E-state index contributed by atoms with van der Waals surface area (Å²) in [5.41, 5.74) is -2.34. The van der Waals surface area contributed by atoms with Gasteiger partial charge in [0.2, 0.25) is 5.43 Å². The molecular formula is C23H24F3N3O4. The van der Waals surface area contributed by atoms with Gasteiger partial charge in [0, 0.05) is 50.1 Å². The number of nitrogens with one attached hydrogen (secondary N) is 1. The summed E-state index contributed by atoms with van der Waals surface area (Å²) in [7, 11) is 1.59. The minimum absolute atomic E-state index is 0.180.